The lowest BCUT2D eigenvalue weighted by atomic mass is 9.74. The molecular weight excluding hydrogens is 286 g/mol. The van der Waals surface area contributed by atoms with Crippen LogP contribution in [0.1, 0.15) is 18.5 Å². The van der Waals surface area contributed by atoms with Gasteiger partial charge in [0.1, 0.15) is 0 Å². The molecule has 0 aliphatic carbocycles. The van der Waals surface area contributed by atoms with E-state index in [2.05, 4.69) is 5.10 Å². The second-order valence-electron chi connectivity index (χ2n) is 6.20. The number of likely N-dealkylation sites (tertiary alicyclic amines) is 1. The van der Waals surface area contributed by atoms with Gasteiger partial charge in [0.05, 0.1) is 12.0 Å². The predicted molar refractivity (Wildman–Crippen MR) is 77.1 cm³/mol. The molecule has 120 valence electrons. The van der Waals surface area contributed by atoms with Gasteiger partial charge in [-0.3, -0.25) is 14.3 Å². The molecule has 2 saturated heterocycles. The zero-order valence-corrected chi connectivity index (χ0v) is 12.7. The minimum atomic E-state index is -0.819. The number of amides is 1. The first-order chi connectivity index (χ1) is 10.5. The summed E-state index contributed by atoms with van der Waals surface area (Å²) in [4.78, 5) is 25.8. The van der Waals surface area contributed by atoms with Gasteiger partial charge >= 0.3 is 5.97 Å². The van der Waals surface area contributed by atoms with Crippen LogP contribution in [0.25, 0.3) is 0 Å². The molecule has 1 amide bonds. The average Bonchev–Trinajstić information content (AvgIpc) is 3.09. The molecule has 3 rings (SSSR count). The highest BCUT2D eigenvalue weighted by atomic mass is 16.5. The molecule has 2 fully saturated rings. The number of aryl methyl sites for hydroxylation is 2. The first kappa shape index (κ1) is 15.0. The fraction of sp³-hybridized carbons (Fsp3) is 0.667. The van der Waals surface area contributed by atoms with Crippen molar-refractivity contribution in [2.75, 3.05) is 26.3 Å². The molecule has 1 aromatic rings. The molecule has 2 aliphatic heterocycles. The summed E-state index contributed by atoms with van der Waals surface area (Å²) in [6, 6.07) is 1.89. The molecule has 0 bridgehead atoms. The highest BCUT2D eigenvalue weighted by Gasteiger charge is 2.54. The van der Waals surface area contributed by atoms with Gasteiger partial charge in [-0.25, -0.2) is 0 Å². The van der Waals surface area contributed by atoms with Crippen molar-refractivity contribution in [1.29, 1.82) is 0 Å². The Morgan fingerprint density at radius 1 is 1.55 bits per heavy atom. The first-order valence-electron chi connectivity index (χ1n) is 7.59. The third-order valence-electron chi connectivity index (χ3n) is 5.00. The lowest BCUT2D eigenvalue weighted by Gasteiger charge is -2.33. The van der Waals surface area contributed by atoms with E-state index in [0.29, 0.717) is 45.6 Å². The second kappa shape index (κ2) is 5.72. The lowest BCUT2D eigenvalue weighted by Crippen LogP contribution is -2.45. The van der Waals surface area contributed by atoms with E-state index in [9.17, 15) is 14.7 Å². The molecular formula is C15H21N3O4. The molecule has 0 radical (unpaired) electrons. The monoisotopic (exact) mass is 307 g/mol. The molecule has 1 N–H and O–H groups in total. The van der Waals surface area contributed by atoms with Crippen LogP contribution in [-0.2, 0) is 27.8 Å². The number of aliphatic carboxylic acids is 1. The van der Waals surface area contributed by atoms with Gasteiger partial charge in [-0.2, -0.15) is 5.10 Å². The topological polar surface area (TPSA) is 84.7 Å². The van der Waals surface area contributed by atoms with Gasteiger partial charge in [0.25, 0.3) is 0 Å². The van der Waals surface area contributed by atoms with Crippen LogP contribution in [0, 0.1) is 11.3 Å². The molecule has 2 atom stereocenters. The summed E-state index contributed by atoms with van der Waals surface area (Å²) in [5.74, 6) is -0.890. The van der Waals surface area contributed by atoms with Gasteiger partial charge in [-0.15, -0.1) is 0 Å². The third-order valence-corrected chi connectivity index (χ3v) is 5.00. The number of carboxylic acid groups (broad SMARTS) is 1. The van der Waals surface area contributed by atoms with Crippen molar-refractivity contribution in [3.63, 3.8) is 0 Å². The van der Waals surface area contributed by atoms with Crippen molar-refractivity contribution >= 4 is 11.9 Å². The lowest BCUT2D eigenvalue weighted by molar-refractivity contribution is -0.157. The number of carbonyl (C=O) groups excluding carboxylic acids is 1. The molecule has 0 saturated carbocycles. The van der Waals surface area contributed by atoms with Crippen LogP contribution in [-0.4, -0.2) is 58.0 Å². The van der Waals surface area contributed by atoms with Crippen molar-refractivity contribution < 1.29 is 19.4 Å². The number of ether oxygens (including phenoxy) is 1. The van der Waals surface area contributed by atoms with Crippen molar-refractivity contribution in [2.45, 2.75) is 19.3 Å². The quantitative estimate of drug-likeness (QED) is 0.865. The maximum atomic E-state index is 12.4. The van der Waals surface area contributed by atoms with E-state index < -0.39 is 11.4 Å². The zero-order valence-electron chi connectivity index (χ0n) is 12.7. The minimum Gasteiger partial charge on any atom is -0.481 e. The van der Waals surface area contributed by atoms with Gasteiger partial charge in [-0.05, 0) is 18.9 Å². The van der Waals surface area contributed by atoms with E-state index in [0.717, 1.165) is 5.69 Å². The number of hydrogen-bond acceptors (Lipinski definition) is 4. The van der Waals surface area contributed by atoms with Gasteiger partial charge in [-0.1, -0.05) is 0 Å². The Bertz CT molecular complexity index is 585. The number of carbonyl (C=O) groups is 2. The van der Waals surface area contributed by atoms with Gasteiger partial charge in [0, 0.05) is 51.0 Å². The fourth-order valence-corrected chi connectivity index (χ4v) is 3.53. The summed E-state index contributed by atoms with van der Waals surface area (Å²) in [5.41, 5.74) is 0.182. The summed E-state index contributed by atoms with van der Waals surface area (Å²) >= 11 is 0. The number of rotatable bonds is 4. The number of hydrogen-bond donors (Lipinski definition) is 1. The molecule has 3 heterocycles. The molecule has 0 spiro atoms. The van der Waals surface area contributed by atoms with E-state index in [1.54, 1.807) is 15.8 Å². The van der Waals surface area contributed by atoms with Crippen molar-refractivity contribution in [1.82, 2.24) is 14.7 Å². The Balaban J connectivity index is 1.64. The standard InChI is InChI=1S/C15H21N3O4/c1-17-12(4-6-16-17)2-3-13(19)18-8-11-9-22-7-5-15(11,10-18)14(20)21/h4,6,11H,2-3,5,7-10H2,1H3,(H,20,21)/t11-,15+/m0/s1. The highest BCUT2D eigenvalue weighted by Crippen LogP contribution is 2.42. The van der Waals surface area contributed by atoms with Crippen LogP contribution in [0.2, 0.25) is 0 Å². The Labute approximate surface area is 128 Å². The van der Waals surface area contributed by atoms with Crippen molar-refractivity contribution in [2.24, 2.45) is 18.4 Å². The number of nitrogens with zero attached hydrogens (tertiary/aromatic N) is 3. The van der Waals surface area contributed by atoms with E-state index in [-0.39, 0.29) is 11.8 Å². The van der Waals surface area contributed by atoms with Gasteiger partial charge in [0.2, 0.25) is 5.91 Å². The van der Waals surface area contributed by atoms with Gasteiger partial charge < -0.3 is 14.7 Å². The largest absolute Gasteiger partial charge is 0.481 e. The van der Waals surface area contributed by atoms with Crippen LogP contribution < -0.4 is 0 Å². The van der Waals surface area contributed by atoms with Crippen LogP contribution in [0.15, 0.2) is 12.3 Å². The molecule has 2 aliphatic rings. The third kappa shape index (κ3) is 2.49. The van der Waals surface area contributed by atoms with E-state index in [1.165, 1.54) is 0 Å². The maximum Gasteiger partial charge on any atom is 0.311 e. The van der Waals surface area contributed by atoms with Crippen LogP contribution >= 0.6 is 0 Å². The zero-order chi connectivity index (χ0) is 15.7. The Morgan fingerprint density at radius 3 is 3.00 bits per heavy atom. The molecule has 0 aromatic carbocycles. The van der Waals surface area contributed by atoms with Crippen LogP contribution in [0.5, 0.6) is 0 Å². The number of aromatic nitrogens is 2. The SMILES string of the molecule is Cn1nccc1CCC(=O)N1C[C@H]2COCC[C@@]2(C(=O)O)C1. The van der Waals surface area contributed by atoms with Crippen molar-refractivity contribution in [3.05, 3.63) is 18.0 Å². The van der Waals surface area contributed by atoms with E-state index >= 15 is 0 Å². The molecule has 1 aromatic heterocycles. The van der Waals surface area contributed by atoms with E-state index in [4.69, 9.17) is 4.74 Å². The molecule has 0 unspecified atom stereocenters. The number of fused-ring (bicyclic) bond motifs is 1. The fourth-order valence-electron chi connectivity index (χ4n) is 3.53. The Morgan fingerprint density at radius 2 is 2.36 bits per heavy atom. The second-order valence-corrected chi connectivity index (χ2v) is 6.20. The van der Waals surface area contributed by atoms with E-state index in [1.807, 2.05) is 13.1 Å². The average molecular weight is 307 g/mol. The first-order valence-corrected chi connectivity index (χ1v) is 7.59. The summed E-state index contributed by atoms with van der Waals surface area (Å²) in [6.45, 7) is 1.68. The number of carboxylic acids is 1. The maximum absolute atomic E-state index is 12.4. The Hall–Kier alpha value is -1.89. The molecule has 7 nitrogen and oxygen atoms in total. The van der Waals surface area contributed by atoms with Crippen molar-refractivity contribution in [3.8, 4) is 0 Å². The summed E-state index contributed by atoms with van der Waals surface area (Å²) in [5, 5.41) is 13.7. The summed E-state index contributed by atoms with van der Waals surface area (Å²) in [7, 11) is 1.85. The predicted octanol–water partition coefficient (Wildman–Crippen LogP) is 0.302. The smallest absolute Gasteiger partial charge is 0.311 e. The van der Waals surface area contributed by atoms with Crippen LogP contribution in [0.4, 0.5) is 0 Å². The van der Waals surface area contributed by atoms with Crippen LogP contribution in [0.3, 0.4) is 0 Å². The highest BCUT2D eigenvalue weighted by molar-refractivity contribution is 5.81. The normalized spacial score (nSPS) is 27.7. The Kier molecular flexibility index (Phi) is 3.90. The molecule has 7 heteroatoms. The minimum absolute atomic E-state index is 0.0104. The molecule has 22 heavy (non-hydrogen) atoms. The summed E-state index contributed by atoms with van der Waals surface area (Å²) < 4.78 is 7.16. The summed E-state index contributed by atoms with van der Waals surface area (Å²) in [6.07, 6.45) is 3.19. The van der Waals surface area contributed by atoms with Gasteiger partial charge in [0.15, 0.2) is 0 Å².